The van der Waals surface area contributed by atoms with Gasteiger partial charge in [0.25, 0.3) is 0 Å². The maximum atomic E-state index is 12.8. The number of halogens is 3. The second kappa shape index (κ2) is 4.85. The summed E-state index contributed by atoms with van der Waals surface area (Å²) in [5.41, 5.74) is 4.67. The van der Waals surface area contributed by atoms with Gasteiger partial charge in [0.2, 0.25) is 5.91 Å². The largest absolute Gasteiger partial charge is 0.416 e. The highest BCUT2D eigenvalue weighted by molar-refractivity contribution is 5.94. The zero-order valence-corrected chi connectivity index (χ0v) is 10.4. The molecule has 0 heterocycles. The lowest BCUT2D eigenvalue weighted by molar-refractivity contribution is -0.138. The molecule has 6 heteroatoms. The molecule has 1 aliphatic carbocycles. The molecule has 3 N–H and O–H groups in total. The van der Waals surface area contributed by atoms with Crippen LogP contribution in [0.15, 0.2) is 18.2 Å². The Labute approximate surface area is 109 Å². The Hall–Kier alpha value is -1.56. The Morgan fingerprint density at radius 1 is 1.47 bits per heavy atom. The van der Waals surface area contributed by atoms with Gasteiger partial charge in [0, 0.05) is 18.2 Å². The van der Waals surface area contributed by atoms with Gasteiger partial charge in [-0.2, -0.15) is 13.2 Å². The summed E-state index contributed by atoms with van der Waals surface area (Å²) in [7, 11) is 0. The van der Waals surface area contributed by atoms with Crippen molar-refractivity contribution in [1.29, 1.82) is 0 Å². The number of rotatable bonds is 3. The summed E-state index contributed by atoms with van der Waals surface area (Å²) in [4.78, 5) is 11.7. The predicted molar refractivity (Wildman–Crippen MR) is 65.2 cm³/mol. The molecule has 2 atom stereocenters. The molecular weight excluding hydrogens is 257 g/mol. The van der Waals surface area contributed by atoms with Crippen molar-refractivity contribution in [3.63, 3.8) is 0 Å². The van der Waals surface area contributed by atoms with Gasteiger partial charge in [-0.15, -0.1) is 0 Å². The fourth-order valence-electron chi connectivity index (χ4n) is 2.02. The smallest absolute Gasteiger partial charge is 0.326 e. The molecule has 0 spiro atoms. The monoisotopic (exact) mass is 272 g/mol. The topological polar surface area (TPSA) is 55.1 Å². The van der Waals surface area contributed by atoms with Gasteiger partial charge in [0.05, 0.1) is 5.56 Å². The Kier molecular flexibility index (Phi) is 3.54. The summed E-state index contributed by atoms with van der Waals surface area (Å²) in [6.45, 7) is 1.74. The molecule has 1 aromatic carbocycles. The molecule has 1 fully saturated rings. The number of amides is 1. The second-order valence-electron chi connectivity index (χ2n) is 4.88. The van der Waals surface area contributed by atoms with Gasteiger partial charge in [-0.25, -0.2) is 0 Å². The van der Waals surface area contributed by atoms with Crippen molar-refractivity contribution < 1.29 is 18.0 Å². The van der Waals surface area contributed by atoms with Crippen LogP contribution in [0, 0.1) is 11.8 Å². The van der Waals surface area contributed by atoms with E-state index in [4.69, 9.17) is 5.73 Å². The number of anilines is 1. The minimum atomic E-state index is -4.47. The maximum absolute atomic E-state index is 12.8. The summed E-state index contributed by atoms with van der Waals surface area (Å²) >= 11 is 0. The minimum absolute atomic E-state index is 0.0188. The number of alkyl halides is 3. The van der Waals surface area contributed by atoms with Crippen LogP contribution in [0.4, 0.5) is 18.9 Å². The molecule has 0 bridgehead atoms. The SMILES string of the molecule is CC1CC1C(=O)Nc1ccc(CN)c(C(F)(F)F)c1. The molecule has 19 heavy (non-hydrogen) atoms. The standard InChI is InChI=1S/C13H15F3N2O/c1-7-4-10(7)12(19)18-9-3-2-8(6-17)11(5-9)13(14,15)16/h2-3,5,7,10H,4,6,17H2,1H3,(H,18,19). The third-order valence-corrected chi connectivity index (χ3v) is 3.35. The Balaban J connectivity index is 2.20. The van der Waals surface area contributed by atoms with Crippen molar-refractivity contribution >= 4 is 11.6 Å². The normalized spacial score (nSPS) is 22.2. The van der Waals surface area contributed by atoms with Gasteiger partial charge >= 0.3 is 6.18 Å². The highest BCUT2D eigenvalue weighted by Crippen LogP contribution is 2.39. The molecule has 2 unspecified atom stereocenters. The number of carbonyl (C=O) groups excluding carboxylic acids is 1. The number of carbonyl (C=O) groups is 1. The first-order valence-corrected chi connectivity index (χ1v) is 6.04. The fraction of sp³-hybridized carbons (Fsp3) is 0.462. The van der Waals surface area contributed by atoms with Crippen molar-refractivity contribution in [1.82, 2.24) is 0 Å². The lowest BCUT2D eigenvalue weighted by Crippen LogP contribution is -2.17. The van der Waals surface area contributed by atoms with Gasteiger partial charge in [0.1, 0.15) is 0 Å². The number of nitrogens with two attached hydrogens (primary N) is 1. The molecule has 3 nitrogen and oxygen atoms in total. The Morgan fingerprint density at radius 3 is 2.58 bits per heavy atom. The van der Waals surface area contributed by atoms with E-state index in [1.165, 1.54) is 12.1 Å². The van der Waals surface area contributed by atoms with Crippen LogP contribution in [0.3, 0.4) is 0 Å². The zero-order valence-electron chi connectivity index (χ0n) is 10.4. The van der Waals surface area contributed by atoms with E-state index >= 15 is 0 Å². The molecule has 2 rings (SSSR count). The van der Waals surface area contributed by atoms with Crippen LogP contribution in [0.2, 0.25) is 0 Å². The fourth-order valence-corrected chi connectivity index (χ4v) is 2.02. The second-order valence-corrected chi connectivity index (χ2v) is 4.88. The molecule has 0 aromatic heterocycles. The average molecular weight is 272 g/mol. The quantitative estimate of drug-likeness (QED) is 0.889. The van der Waals surface area contributed by atoms with Crippen molar-refractivity contribution in [2.24, 2.45) is 17.6 Å². The predicted octanol–water partition coefficient (Wildman–Crippen LogP) is 2.76. The highest BCUT2D eigenvalue weighted by atomic mass is 19.4. The van der Waals surface area contributed by atoms with E-state index in [0.29, 0.717) is 5.92 Å². The van der Waals surface area contributed by atoms with E-state index in [1.54, 1.807) is 0 Å². The van der Waals surface area contributed by atoms with E-state index in [0.717, 1.165) is 12.5 Å². The van der Waals surface area contributed by atoms with Crippen LogP contribution >= 0.6 is 0 Å². The summed E-state index contributed by atoms with van der Waals surface area (Å²) in [5, 5.41) is 2.52. The number of benzene rings is 1. The summed E-state index contributed by atoms with van der Waals surface area (Å²) in [6.07, 6.45) is -3.68. The van der Waals surface area contributed by atoms with E-state index < -0.39 is 11.7 Å². The van der Waals surface area contributed by atoms with E-state index in [2.05, 4.69) is 5.32 Å². The van der Waals surface area contributed by atoms with Crippen LogP contribution in [-0.2, 0) is 17.5 Å². The van der Waals surface area contributed by atoms with Crippen molar-refractivity contribution in [3.8, 4) is 0 Å². The number of hydrogen-bond donors (Lipinski definition) is 2. The van der Waals surface area contributed by atoms with Crippen molar-refractivity contribution in [2.45, 2.75) is 26.1 Å². The van der Waals surface area contributed by atoms with Gasteiger partial charge in [0.15, 0.2) is 0 Å². The minimum Gasteiger partial charge on any atom is -0.326 e. The number of hydrogen-bond acceptors (Lipinski definition) is 2. The Morgan fingerprint density at radius 2 is 2.11 bits per heavy atom. The first kappa shape index (κ1) is 13.9. The molecule has 1 amide bonds. The van der Waals surface area contributed by atoms with Gasteiger partial charge < -0.3 is 11.1 Å². The lowest BCUT2D eigenvalue weighted by Gasteiger charge is -2.14. The first-order valence-electron chi connectivity index (χ1n) is 6.04. The third kappa shape index (κ3) is 3.07. The molecular formula is C13H15F3N2O. The zero-order chi connectivity index (χ0) is 14.2. The van der Waals surface area contributed by atoms with E-state index in [-0.39, 0.29) is 29.6 Å². The summed E-state index contributed by atoms with van der Waals surface area (Å²) in [5.74, 6) is 0.00930. The maximum Gasteiger partial charge on any atom is 0.416 e. The van der Waals surface area contributed by atoms with Gasteiger partial charge in [-0.3, -0.25) is 4.79 Å². The molecule has 104 valence electrons. The van der Waals surface area contributed by atoms with Crippen LogP contribution in [0.1, 0.15) is 24.5 Å². The Bertz CT molecular complexity index is 499. The van der Waals surface area contributed by atoms with E-state index in [1.807, 2.05) is 6.92 Å². The first-order chi connectivity index (χ1) is 8.82. The summed E-state index contributed by atoms with van der Waals surface area (Å²) < 4.78 is 38.5. The van der Waals surface area contributed by atoms with Crippen LogP contribution in [0.5, 0.6) is 0 Å². The molecule has 1 saturated carbocycles. The van der Waals surface area contributed by atoms with Crippen molar-refractivity contribution in [3.05, 3.63) is 29.3 Å². The molecule has 1 aliphatic rings. The van der Waals surface area contributed by atoms with Crippen LogP contribution in [0.25, 0.3) is 0 Å². The van der Waals surface area contributed by atoms with E-state index in [9.17, 15) is 18.0 Å². The van der Waals surface area contributed by atoms with Gasteiger partial charge in [-0.1, -0.05) is 13.0 Å². The van der Waals surface area contributed by atoms with Crippen LogP contribution < -0.4 is 11.1 Å². The van der Waals surface area contributed by atoms with Crippen LogP contribution in [-0.4, -0.2) is 5.91 Å². The highest BCUT2D eigenvalue weighted by Gasteiger charge is 2.39. The molecule has 1 aromatic rings. The molecule has 0 saturated heterocycles. The molecule has 0 radical (unpaired) electrons. The number of nitrogens with one attached hydrogen (secondary N) is 1. The van der Waals surface area contributed by atoms with Gasteiger partial charge in [-0.05, 0) is 30.0 Å². The average Bonchev–Trinajstić information content (AvgIpc) is 3.05. The van der Waals surface area contributed by atoms with Crippen molar-refractivity contribution in [2.75, 3.05) is 5.32 Å². The molecule has 0 aliphatic heterocycles. The summed E-state index contributed by atoms with van der Waals surface area (Å²) in [6, 6.07) is 3.68. The third-order valence-electron chi connectivity index (χ3n) is 3.35. The lowest BCUT2D eigenvalue weighted by atomic mass is 10.1.